The molecule has 0 radical (unpaired) electrons. The highest BCUT2D eigenvalue weighted by atomic mass is 32.1. The first-order valence-electron chi connectivity index (χ1n) is 7.07. The van der Waals surface area contributed by atoms with Crippen LogP contribution in [0.2, 0.25) is 0 Å². The van der Waals surface area contributed by atoms with Gasteiger partial charge in [0.15, 0.2) is 0 Å². The minimum Gasteiger partial charge on any atom is -0.282 e. The highest BCUT2D eigenvalue weighted by Gasteiger charge is 2.15. The van der Waals surface area contributed by atoms with Gasteiger partial charge in [0.2, 0.25) is 10.8 Å². The smallest absolute Gasteiger partial charge is 0.235 e. The van der Waals surface area contributed by atoms with E-state index < -0.39 is 0 Å². The van der Waals surface area contributed by atoms with Crippen LogP contribution in [0.3, 0.4) is 0 Å². The number of hydrogen-bond donors (Lipinski definition) is 1. The molecule has 0 unspecified atom stereocenters. The van der Waals surface area contributed by atoms with Crippen LogP contribution in [0.5, 0.6) is 0 Å². The number of aromatic amines is 1. The summed E-state index contributed by atoms with van der Waals surface area (Å²) in [6.07, 6.45) is 1.87. The molecule has 4 rings (SSSR count). The summed E-state index contributed by atoms with van der Waals surface area (Å²) in [7, 11) is 0. The van der Waals surface area contributed by atoms with E-state index in [-0.39, 0.29) is 0 Å². The maximum atomic E-state index is 4.63. The molecule has 0 aliphatic carbocycles. The lowest BCUT2D eigenvalue weighted by molar-refractivity contribution is 0.861. The first-order chi connectivity index (χ1) is 10.8. The van der Waals surface area contributed by atoms with E-state index in [1.54, 1.807) is 15.9 Å². The molecule has 1 N–H and O–H groups in total. The van der Waals surface area contributed by atoms with Gasteiger partial charge >= 0.3 is 0 Å². The number of fused-ring (bicyclic) bond motifs is 1. The zero-order valence-corrected chi connectivity index (χ0v) is 12.8. The molecule has 1 aromatic carbocycles. The summed E-state index contributed by atoms with van der Waals surface area (Å²) in [5.41, 5.74) is 3.08. The monoisotopic (exact) mass is 310 g/mol. The summed E-state index contributed by atoms with van der Waals surface area (Å²) in [5, 5.41) is 21.2. The van der Waals surface area contributed by atoms with Crippen LogP contribution >= 0.6 is 11.3 Å². The van der Waals surface area contributed by atoms with Gasteiger partial charge in [-0.25, -0.2) is 0 Å². The Bertz CT molecular complexity index is 905. The molecule has 3 heterocycles. The lowest BCUT2D eigenvalue weighted by Gasteiger charge is -1.97. The average molecular weight is 310 g/mol. The minimum atomic E-state index is 0.682. The molecule has 0 saturated carbocycles. The standard InChI is InChI=1S/C15H14N6S/c1-10-9-12(17-16-10)14-18-19-15-21(14)20-13(22-15)8-7-11-5-3-2-4-6-11/h2-6,9H,7-8H2,1H3,(H,16,17). The maximum absolute atomic E-state index is 4.63. The lowest BCUT2D eigenvalue weighted by atomic mass is 10.1. The van der Waals surface area contributed by atoms with Gasteiger partial charge in [0, 0.05) is 12.1 Å². The van der Waals surface area contributed by atoms with Crippen molar-refractivity contribution in [2.24, 2.45) is 0 Å². The normalized spacial score (nSPS) is 11.3. The Morgan fingerprint density at radius 3 is 2.77 bits per heavy atom. The van der Waals surface area contributed by atoms with E-state index in [9.17, 15) is 0 Å². The molecule has 6 nitrogen and oxygen atoms in total. The quantitative estimate of drug-likeness (QED) is 0.629. The second-order valence-corrected chi connectivity index (χ2v) is 6.18. The van der Waals surface area contributed by atoms with E-state index in [2.05, 4.69) is 49.8 Å². The van der Waals surface area contributed by atoms with E-state index in [1.807, 2.05) is 19.1 Å². The second kappa shape index (κ2) is 5.34. The third kappa shape index (κ3) is 2.39. The molecule has 0 aliphatic heterocycles. The Hall–Kier alpha value is -2.54. The zero-order valence-electron chi connectivity index (χ0n) is 12.0. The Morgan fingerprint density at radius 2 is 2.00 bits per heavy atom. The van der Waals surface area contributed by atoms with Gasteiger partial charge < -0.3 is 0 Å². The summed E-state index contributed by atoms with van der Waals surface area (Å²) in [5.74, 6) is 0.682. The van der Waals surface area contributed by atoms with Crippen LogP contribution in [0.15, 0.2) is 36.4 Å². The Balaban J connectivity index is 1.60. The highest BCUT2D eigenvalue weighted by Crippen LogP contribution is 2.21. The lowest BCUT2D eigenvalue weighted by Crippen LogP contribution is -1.95. The second-order valence-electron chi connectivity index (χ2n) is 5.14. The minimum absolute atomic E-state index is 0.682. The predicted molar refractivity (Wildman–Crippen MR) is 84.8 cm³/mol. The molecule has 0 saturated heterocycles. The average Bonchev–Trinajstić information content (AvgIpc) is 3.21. The van der Waals surface area contributed by atoms with Gasteiger partial charge in [0.25, 0.3) is 0 Å². The third-order valence-corrected chi connectivity index (χ3v) is 4.40. The van der Waals surface area contributed by atoms with E-state index in [0.29, 0.717) is 5.82 Å². The SMILES string of the molecule is Cc1cc(-c2nnc3sc(CCc4ccccc4)nn23)n[nH]1. The summed E-state index contributed by atoms with van der Waals surface area (Å²) >= 11 is 1.58. The largest absolute Gasteiger partial charge is 0.282 e. The Morgan fingerprint density at radius 1 is 1.14 bits per heavy atom. The molecular weight excluding hydrogens is 296 g/mol. The highest BCUT2D eigenvalue weighted by molar-refractivity contribution is 7.16. The van der Waals surface area contributed by atoms with Crippen molar-refractivity contribution in [3.05, 3.63) is 52.7 Å². The molecular formula is C15H14N6S. The maximum Gasteiger partial charge on any atom is 0.235 e. The van der Waals surface area contributed by atoms with Crippen LogP contribution in [-0.2, 0) is 12.8 Å². The zero-order chi connectivity index (χ0) is 14.9. The molecule has 3 aromatic heterocycles. The van der Waals surface area contributed by atoms with Crippen molar-refractivity contribution in [3.8, 4) is 11.5 Å². The van der Waals surface area contributed by atoms with E-state index in [0.717, 1.165) is 34.2 Å². The van der Waals surface area contributed by atoms with Gasteiger partial charge in [-0.2, -0.15) is 14.7 Å². The number of benzene rings is 1. The summed E-state index contributed by atoms with van der Waals surface area (Å²) in [4.78, 5) is 0.804. The van der Waals surface area contributed by atoms with Gasteiger partial charge in [0.1, 0.15) is 10.7 Å². The van der Waals surface area contributed by atoms with E-state index in [1.165, 1.54) is 5.56 Å². The number of aryl methyl sites for hydroxylation is 3. The Labute approximate surface area is 130 Å². The molecule has 0 atom stereocenters. The van der Waals surface area contributed by atoms with Crippen molar-refractivity contribution in [3.63, 3.8) is 0 Å². The molecule has 110 valence electrons. The first-order valence-corrected chi connectivity index (χ1v) is 7.89. The van der Waals surface area contributed by atoms with E-state index >= 15 is 0 Å². The molecule has 7 heteroatoms. The van der Waals surface area contributed by atoms with Crippen LogP contribution in [0.4, 0.5) is 0 Å². The van der Waals surface area contributed by atoms with Gasteiger partial charge in [-0.15, -0.1) is 10.2 Å². The molecule has 0 aliphatic rings. The number of nitrogens with one attached hydrogen (secondary N) is 1. The summed E-state index contributed by atoms with van der Waals surface area (Å²) in [6, 6.07) is 12.4. The van der Waals surface area contributed by atoms with Gasteiger partial charge in [0.05, 0.1) is 0 Å². The molecule has 0 bridgehead atoms. The van der Waals surface area contributed by atoms with Crippen LogP contribution in [0.1, 0.15) is 16.3 Å². The number of hydrogen-bond acceptors (Lipinski definition) is 5. The topological polar surface area (TPSA) is 71.8 Å². The summed E-state index contributed by atoms with van der Waals surface area (Å²) in [6.45, 7) is 1.96. The van der Waals surface area contributed by atoms with Crippen LogP contribution in [0, 0.1) is 6.92 Å². The van der Waals surface area contributed by atoms with Crippen LogP contribution in [-0.4, -0.2) is 30.0 Å². The van der Waals surface area contributed by atoms with Crippen molar-refractivity contribution in [2.45, 2.75) is 19.8 Å². The third-order valence-electron chi connectivity index (χ3n) is 3.44. The van der Waals surface area contributed by atoms with Gasteiger partial charge in [-0.3, -0.25) is 5.10 Å². The fourth-order valence-corrected chi connectivity index (χ4v) is 3.18. The predicted octanol–water partition coefficient (Wildman–Crippen LogP) is 2.67. The van der Waals surface area contributed by atoms with Crippen LogP contribution < -0.4 is 0 Å². The van der Waals surface area contributed by atoms with Gasteiger partial charge in [-0.05, 0) is 25.0 Å². The van der Waals surface area contributed by atoms with Crippen molar-refractivity contribution in [2.75, 3.05) is 0 Å². The fraction of sp³-hybridized carbons (Fsp3) is 0.200. The van der Waals surface area contributed by atoms with Crippen LogP contribution in [0.25, 0.3) is 16.5 Å². The number of H-pyrrole nitrogens is 1. The summed E-state index contributed by atoms with van der Waals surface area (Å²) < 4.78 is 1.78. The van der Waals surface area contributed by atoms with Crippen molar-refractivity contribution in [1.82, 2.24) is 30.0 Å². The van der Waals surface area contributed by atoms with Crippen molar-refractivity contribution in [1.29, 1.82) is 0 Å². The number of nitrogens with zero attached hydrogens (tertiary/aromatic N) is 5. The molecule has 0 spiro atoms. The number of rotatable bonds is 4. The number of aromatic nitrogens is 6. The van der Waals surface area contributed by atoms with Crippen molar-refractivity contribution >= 4 is 16.3 Å². The Kier molecular flexibility index (Phi) is 3.19. The van der Waals surface area contributed by atoms with E-state index in [4.69, 9.17) is 0 Å². The molecule has 4 aromatic rings. The van der Waals surface area contributed by atoms with Crippen molar-refractivity contribution < 1.29 is 0 Å². The van der Waals surface area contributed by atoms with Gasteiger partial charge in [-0.1, -0.05) is 41.7 Å². The molecule has 22 heavy (non-hydrogen) atoms. The molecule has 0 amide bonds. The fourth-order valence-electron chi connectivity index (χ4n) is 2.35. The molecule has 0 fully saturated rings. The first kappa shape index (κ1) is 13.1.